The number of hydrogen-bond donors (Lipinski definition) is 0. The van der Waals surface area contributed by atoms with Gasteiger partial charge in [-0.3, -0.25) is 4.18 Å². The molecular weight excluding hydrogens is 519 g/mol. The number of hydrogen-bond acceptors (Lipinski definition) is 3. The van der Waals surface area contributed by atoms with Crippen LogP contribution in [0.3, 0.4) is 0 Å². The Balaban J connectivity index is 0.000000768. The summed E-state index contributed by atoms with van der Waals surface area (Å²) in [6.07, 6.45) is 30.4. The monoisotopic (exact) mass is 586 g/mol. The van der Waals surface area contributed by atoms with E-state index in [1.54, 1.807) is 55.0 Å². The minimum absolute atomic E-state index is 0.238. The van der Waals surface area contributed by atoms with Gasteiger partial charge >= 0.3 is 111 Å². The molecule has 0 aliphatic heterocycles. The molecule has 0 bridgehead atoms. The molecule has 0 fully saturated rings. The normalized spacial score (nSPS) is 12.2. The first-order valence-corrected chi connectivity index (χ1v) is 21.1. The third-order valence-electron chi connectivity index (χ3n) is 8.01. The van der Waals surface area contributed by atoms with E-state index in [-0.39, 0.29) is 11.5 Å². The summed E-state index contributed by atoms with van der Waals surface area (Å²) in [5.74, 6) is 0. The van der Waals surface area contributed by atoms with Crippen LogP contribution in [0.5, 0.6) is 0 Å². The van der Waals surface area contributed by atoms with Gasteiger partial charge < -0.3 is 0 Å². The summed E-state index contributed by atoms with van der Waals surface area (Å²) >= 11 is 0. The fourth-order valence-corrected chi connectivity index (χ4v) is 12.2. The Hall–Kier alpha value is -0.440. The van der Waals surface area contributed by atoms with Crippen molar-refractivity contribution in [2.75, 3.05) is 31.3 Å². The predicted octanol–water partition coefficient (Wildman–Crippen LogP) is 11.2. The molecule has 0 aliphatic carbocycles. The Morgan fingerprint density at radius 2 is 0.872 bits per heavy atom. The zero-order valence-corrected chi connectivity index (χ0v) is 28.6. The van der Waals surface area contributed by atoms with Crippen LogP contribution in [0.4, 0.5) is 0 Å². The van der Waals surface area contributed by atoms with Gasteiger partial charge in [0, 0.05) is 0 Å². The van der Waals surface area contributed by atoms with Gasteiger partial charge in [-0.1, -0.05) is 82.9 Å². The van der Waals surface area contributed by atoms with Crippen molar-refractivity contribution in [2.24, 2.45) is 0 Å². The van der Waals surface area contributed by atoms with Crippen LogP contribution in [0, 0.1) is 0 Å². The average Bonchev–Trinajstić information content (AvgIpc) is 2.96. The van der Waals surface area contributed by atoms with Crippen molar-refractivity contribution in [3.8, 4) is 0 Å². The molecule has 39 heavy (non-hydrogen) atoms. The quantitative estimate of drug-likeness (QED) is 0.0650. The van der Waals surface area contributed by atoms with E-state index in [9.17, 15) is 8.42 Å². The first-order chi connectivity index (χ1) is 18.9. The molecule has 3 nitrogen and oxygen atoms in total. The second-order valence-corrected chi connectivity index (χ2v) is 18.3. The molecule has 0 amide bonds. The van der Waals surface area contributed by atoms with Gasteiger partial charge in [0.05, 0.1) is 11.5 Å². The first-order valence-electron chi connectivity index (χ1n) is 16.9. The molecule has 0 saturated carbocycles. The topological polar surface area (TPSA) is 43.4 Å². The zero-order chi connectivity index (χ0) is 29.1. The Labute approximate surface area is 246 Å². The summed E-state index contributed by atoms with van der Waals surface area (Å²) in [6.45, 7) is 12.0. The standard InChI is InChI=1S/C18H30O3S.C16H37P/c1-2-3-4-5-6-7-8-9-10-14-17-21-22(19,20)18-15-12-11-13-16-18;1-5-9-13-17(14-10-6-2,15-11-7-3)16-12-8-4/h11-13,15-16H,2-10,14,17H2,1H3;17H,5-16H2,1-4H3. The number of rotatable bonds is 25. The third kappa shape index (κ3) is 21.0. The molecule has 0 N–H and O–H groups in total. The molecular formula is C34H67O3PS. The molecule has 0 atom stereocenters. The fourth-order valence-electron chi connectivity index (χ4n) is 5.37. The Morgan fingerprint density at radius 3 is 1.26 bits per heavy atom. The zero-order valence-electron chi connectivity index (χ0n) is 26.8. The second kappa shape index (κ2) is 26.5. The molecule has 0 heterocycles. The predicted molar refractivity (Wildman–Crippen MR) is 179 cm³/mol. The van der Waals surface area contributed by atoms with E-state index in [0.717, 1.165) is 12.8 Å². The van der Waals surface area contributed by atoms with E-state index < -0.39 is 17.4 Å². The van der Waals surface area contributed by atoms with E-state index in [1.165, 1.54) is 103 Å². The van der Waals surface area contributed by atoms with E-state index in [1.807, 2.05) is 0 Å². The van der Waals surface area contributed by atoms with Crippen LogP contribution in [0.25, 0.3) is 0 Å². The molecule has 0 saturated heterocycles. The van der Waals surface area contributed by atoms with E-state index in [4.69, 9.17) is 4.18 Å². The van der Waals surface area contributed by atoms with Gasteiger partial charge in [0.1, 0.15) is 0 Å². The molecule has 1 rings (SSSR count). The van der Waals surface area contributed by atoms with E-state index >= 15 is 0 Å². The van der Waals surface area contributed by atoms with Crippen molar-refractivity contribution >= 4 is 17.4 Å². The molecule has 1 aromatic carbocycles. The van der Waals surface area contributed by atoms with E-state index in [2.05, 4.69) is 34.6 Å². The molecule has 0 unspecified atom stereocenters. The maximum absolute atomic E-state index is 11.9. The fraction of sp³-hybridized carbons (Fsp3) is 0.824. The van der Waals surface area contributed by atoms with Crippen molar-refractivity contribution in [3.63, 3.8) is 0 Å². The summed E-state index contributed by atoms with van der Waals surface area (Å²) in [5.41, 5.74) is 0. The molecule has 5 heteroatoms. The van der Waals surface area contributed by atoms with Gasteiger partial charge in [0.15, 0.2) is 0 Å². The van der Waals surface area contributed by atoms with Crippen LogP contribution < -0.4 is 0 Å². The average molecular weight is 587 g/mol. The maximum atomic E-state index is 11.9. The van der Waals surface area contributed by atoms with Crippen LogP contribution in [0.2, 0.25) is 0 Å². The van der Waals surface area contributed by atoms with Crippen LogP contribution in [0.1, 0.15) is 150 Å². The van der Waals surface area contributed by atoms with Crippen molar-refractivity contribution in [2.45, 2.75) is 155 Å². The van der Waals surface area contributed by atoms with Crippen molar-refractivity contribution < 1.29 is 12.6 Å². The molecule has 0 spiro atoms. The van der Waals surface area contributed by atoms with Crippen LogP contribution in [-0.2, 0) is 14.3 Å². The van der Waals surface area contributed by atoms with Gasteiger partial charge in [0.25, 0.3) is 10.1 Å². The van der Waals surface area contributed by atoms with E-state index in [0.29, 0.717) is 0 Å². The minimum atomic E-state index is -3.57. The number of benzene rings is 1. The molecule has 0 aromatic heterocycles. The van der Waals surface area contributed by atoms with Crippen LogP contribution in [-0.4, -0.2) is 39.7 Å². The first kappa shape index (κ1) is 38.6. The Kier molecular flexibility index (Phi) is 26.2. The van der Waals surface area contributed by atoms with Gasteiger partial charge in [-0.25, -0.2) is 0 Å². The van der Waals surface area contributed by atoms with Crippen LogP contribution >= 0.6 is 7.26 Å². The Morgan fingerprint density at radius 1 is 0.513 bits per heavy atom. The van der Waals surface area contributed by atoms with Gasteiger partial charge in [-0.2, -0.15) is 8.42 Å². The molecule has 0 aliphatic rings. The SMILES string of the molecule is CCCCCCCCCCCCOS(=O)(=O)c1ccccc1.CCCC[PH](CCCC)(CCCC)CCCC. The summed E-state index contributed by atoms with van der Waals surface area (Å²) in [7, 11) is -4.45. The number of unbranched alkanes of at least 4 members (excludes halogenated alkanes) is 13. The molecule has 0 radical (unpaired) electrons. The third-order valence-corrected chi connectivity index (χ3v) is 15.0. The Bertz CT molecular complexity index is 699. The van der Waals surface area contributed by atoms with Gasteiger partial charge in [-0.05, 0) is 18.6 Å². The van der Waals surface area contributed by atoms with Crippen LogP contribution in [0.15, 0.2) is 35.2 Å². The van der Waals surface area contributed by atoms with Crippen molar-refractivity contribution in [1.29, 1.82) is 0 Å². The van der Waals surface area contributed by atoms with Gasteiger partial charge in [-0.15, -0.1) is 0 Å². The molecule has 1 aromatic rings. The van der Waals surface area contributed by atoms with Crippen molar-refractivity contribution in [3.05, 3.63) is 30.3 Å². The summed E-state index contributed by atoms with van der Waals surface area (Å²) in [4.78, 5) is 0.238. The molecule has 232 valence electrons. The summed E-state index contributed by atoms with van der Waals surface area (Å²) < 4.78 is 28.8. The summed E-state index contributed by atoms with van der Waals surface area (Å²) in [5, 5.41) is 0. The van der Waals surface area contributed by atoms with Crippen molar-refractivity contribution in [1.82, 2.24) is 0 Å². The summed E-state index contributed by atoms with van der Waals surface area (Å²) in [6, 6.07) is 8.33. The van der Waals surface area contributed by atoms with Gasteiger partial charge in [0.2, 0.25) is 0 Å². The second-order valence-electron chi connectivity index (χ2n) is 11.7.